The molecule has 0 fully saturated rings. The lowest BCUT2D eigenvalue weighted by atomic mass is 9.99. The topological polar surface area (TPSA) is 9.23 Å². The van der Waals surface area contributed by atoms with Gasteiger partial charge < -0.3 is 4.74 Å². The fourth-order valence-corrected chi connectivity index (χ4v) is 2.54. The first kappa shape index (κ1) is 17.7. The van der Waals surface area contributed by atoms with Gasteiger partial charge in [-0.2, -0.15) is 8.78 Å². The highest BCUT2D eigenvalue weighted by Gasteiger charge is 2.14. The molecule has 0 aliphatic rings. The van der Waals surface area contributed by atoms with Gasteiger partial charge >= 0.3 is 6.08 Å². The minimum Gasteiger partial charge on any atom is -0.453 e. The van der Waals surface area contributed by atoms with E-state index in [1.165, 1.54) is 0 Å². The molecule has 0 atom stereocenters. The number of rotatable bonds is 4. The number of ether oxygens (including phenoxy) is 1. The fourth-order valence-electron chi connectivity index (χ4n) is 2.54. The maximum atomic E-state index is 14.0. The van der Waals surface area contributed by atoms with Crippen molar-refractivity contribution >= 4 is 0 Å². The van der Waals surface area contributed by atoms with Crippen LogP contribution >= 0.6 is 0 Å². The Bertz CT molecular complexity index is 918. The van der Waals surface area contributed by atoms with Crippen LogP contribution in [0.5, 0.6) is 5.75 Å². The molecule has 0 radical (unpaired) electrons. The van der Waals surface area contributed by atoms with E-state index >= 15 is 0 Å². The SMILES string of the molecule is Cc1ccc(-c2ccc(-c3cc(F)c(OC=C(F)F)c(F)c3)cc2)cc1. The molecule has 3 aromatic carbocycles. The smallest absolute Gasteiger partial charge is 0.305 e. The van der Waals surface area contributed by atoms with Gasteiger partial charge in [-0.05, 0) is 41.3 Å². The fraction of sp³-hybridized carbons (Fsp3) is 0.0476. The molecule has 0 saturated heterocycles. The molecule has 0 spiro atoms. The van der Waals surface area contributed by atoms with E-state index in [9.17, 15) is 17.6 Å². The van der Waals surface area contributed by atoms with Crippen LogP contribution in [-0.2, 0) is 0 Å². The first-order valence-corrected chi connectivity index (χ1v) is 7.78. The summed E-state index contributed by atoms with van der Waals surface area (Å²) in [4.78, 5) is 0. The van der Waals surface area contributed by atoms with Gasteiger partial charge in [-0.15, -0.1) is 0 Å². The van der Waals surface area contributed by atoms with E-state index in [1.54, 1.807) is 12.1 Å². The molecule has 3 rings (SSSR count). The van der Waals surface area contributed by atoms with Gasteiger partial charge in [-0.3, -0.25) is 0 Å². The molecule has 3 aromatic rings. The van der Waals surface area contributed by atoms with Crippen LogP contribution in [0, 0.1) is 18.6 Å². The molecule has 0 heterocycles. The maximum Gasteiger partial charge on any atom is 0.305 e. The van der Waals surface area contributed by atoms with Gasteiger partial charge in [0.2, 0.25) is 0 Å². The van der Waals surface area contributed by atoms with Crippen molar-refractivity contribution in [1.82, 2.24) is 0 Å². The van der Waals surface area contributed by atoms with Gasteiger partial charge in [0.25, 0.3) is 0 Å². The molecule has 5 heteroatoms. The van der Waals surface area contributed by atoms with E-state index in [-0.39, 0.29) is 11.8 Å². The van der Waals surface area contributed by atoms with Gasteiger partial charge in [0.15, 0.2) is 23.6 Å². The minimum atomic E-state index is -2.18. The van der Waals surface area contributed by atoms with Crippen LogP contribution in [0.2, 0.25) is 0 Å². The van der Waals surface area contributed by atoms with Crippen LogP contribution in [-0.4, -0.2) is 0 Å². The summed E-state index contributed by atoms with van der Waals surface area (Å²) >= 11 is 0. The Kier molecular flexibility index (Phi) is 5.07. The summed E-state index contributed by atoms with van der Waals surface area (Å²) in [6.45, 7) is 2.00. The quantitative estimate of drug-likeness (QED) is 0.371. The molecule has 0 amide bonds. The maximum absolute atomic E-state index is 14.0. The van der Waals surface area contributed by atoms with E-state index in [1.807, 2.05) is 43.3 Å². The lowest BCUT2D eigenvalue weighted by molar-refractivity contribution is 0.344. The molecule has 0 aromatic heterocycles. The highest BCUT2D eigenvalue weighted by molar-refractivity contribution is 5.71. The average molecular weight is 358 g/mol. The van der Waals surface area contributed by atoms with E-state index in [2.05, 4.69) is 4.74 Å². The summed E-state index contributed by atoms with van der Waals surface area (Å²) in [5.74, 6) is -2.97. The van der Waals surface area contributed by atoms with Crippen LogP contribution in [0.25, 0.3) is 22.3 Å². The second-order valence-corrected chi connectivity index (χ2v) is 5.74. The van der Waals surface area contributed by atoms with Crippen molar-refractivity contribution in [2.24, 2.45) is 0 Å². The number of benzene rings is 3. The molecule has 132 valence electrons. The Morgan fingerprint density at radius 2 is 1.15 bits per heavy atom. The number of halogens is 4. The molecule has 0 unspecified atom stereocenters. The Labute approximate surface area is 148 Å². The minimum absolute atomic E-state index is 0.00245. The molecule has 0 saturated carbocycles. The summed E-state index contributed by atoms with van der Waals surface area (Å²) in [5, 5.41) is 0. The van der Waals surface area contributed by atoms with Crippen LogP contribution in [0.3, 0.4) is 0 Å². The van der Waals surface area contributed by atoms with Gasteiger partial charge in [-0.25, -0.2) is 8.78 Å². The third-order valence-electron chi connectivity index (χ3n) is 3.87. The third-order valence-corrected chi connectivity index (χ3v) is 3.87. The average Bonchev–Trinajstić information content (AvgIpc) is 2.61. The molecule has 26 heavy (non-hydrogen) atoms. The third kappa shape index (κ3) is 3.94. The summed E-state index contributed by atoms with van der Waals surface area (Å²) in [7, 11) is 0. The number of aryl methyl sites for hydroxylation is 1. The summed E-state index contributed by atoms with van der Waals surface area (Å²) < 4.78 is 56.4. The number of hydrogen-bond acceptors (Lipinski definition) is 1. The zero-order valence-corrected chi connectivity index (χ0v) is 13.8. The van der Waals surface area contributed by atoms with Gasteiger partial charge in [0, 0.05) is 0 Å². The normalized spacial score (nSPS) is 10.5. The lowest BCUT2D eigenvalue weighted by Gasteiger charge is -2.08. The van der Waals surface area contributed by atoms with E-state index < -0.39 is 23.5 Å². The Morgan fingerprint density at radius 3 is 1.62 bits per heavy atom. The standard InChI is InChI=1S/C21H14F4O/c1-13-2-4-14(5-3-13)15-6-8-16(9-7-15)17-10-18(22)21(19(23)11-17)26-12-20(24)25/h2-12H,1H3. The summed E-state index contributed by atoms with van der Waals surface area (Å²) in [6.07, 6.45) is -2.18. The zero-order valence-electron chi connectivity index (χ0n) is 13.8. The van der Waals surface area contributed by atoms with E-state index in [0.29, 0.717) is 5.56 Å². The van der Waals surface area contributed by atoms with Crippen LogP contribution in [0.15, 0.2) is 73.0 Å². The second kappa shape index (κ2) is 7.44. The first-order chi connectivity index (χ1) is 12.4. The molecule has 0 aliphatic heterocycles. The van der Waals surface area contributed by atoms with E-state index in [4.69, 9.17) is 0 Å². The Hall–Kier alpha value is -3.08. The molecule has 0 bridgehead atoms. The summed E-state index contributed by atoms with van der Waals surface area (Å²) in [6, 6.07) is 17.3. The van der Waals surface area contributed by atoms with Crippen molar-refractivity contribution in [2.45, 2.75) is 6.92 Å². The largest absolute Gasteiger partial charge is 0.453 e. The van der Waals surface area contributed by atoms with E-state index in [0.717, 1.165) is 28.8 Å². The van der Waals surface area contributed by atoms with Crippen LogP contribution in [0.1, 0.15) is 5.56 Å². The molecule has 1 nitrogen and oxygen atoms in total. The van der Waals surface area contributed by atoms with Crippen LogP contribution < -0.4 is 4.74 Å². The summed E-state index contributed by atoms with van der Waals surface area (Å²) in [5.41, 5.74) is 4.03. The molecular weight excluding hydrogens is 344 g/mol. The second-order valence-electron chi connectivity index (χ2n) is 5.74. The molecule has 0 aliphatic carbocycles. The molecule has 0 N–H and O–H groups in total. The Balaban J connectivity index is 1.89. The van der Waals surface area contributed by atoms with Crippen molar-refractivity contribution in [3.63, 3.8) is 0 Å². The molecular formula is C21H14F4O. The van der Waals surface area contributed by atoms with Gasteiger partial charge in [0.05, 0.1) is 0 Å². The predicted molar refractivity (Wildman–Crippen MR) is 92.9 cm³/mol. The predicted octanol–water partition coefficient (Wildman–Crippen LogP) is 6.72. The van der Waals surface area contributed by atoms with Crippen molar-refractivity contribution in [3.05, 3.63) is 90.2 Å². The first-order valence-electron chi connectivity index (χ1n) is 7.78. The lowest BCUT2D eigenvalue weighted by Crippen LogP contribution is -1.94. The van der Waals surface area contributed by atoms with Crippen molar-refractivity contribution in [2.75, 3.05) is 0 Å². The van der Waals surface area contributed by atoms with Crippen LogP contribution in [0.4, 0.5) is 17.6 Å². The Morgan fingerprint density at radius 1 is 0.731 bits per heavy atom. The monoisotopic (exact) mass is 358 g/mol. The van der Waals surface area contributed by atoms with Gasteiger partial charge in [-0.1, -0.05) is 54.1 Å². The zero-order chi connectivity index (χ0) is 18.7. The van der Waals surface area contributed by atoms with Crippen molar-refractivity contribution in [1.29, 1.82) is 0 Å². The number of hydrogen-bond donors (Lipinski definition) is 0. The van der Waals surface area contributed by atoms with Gasteiger partial charge in [0.1, 0.15) is 0 Å². The highest BCUT2D eigenvalue weighted by atomic mass is 19.3. The van der Waals surface area contributed by atoms with Crippen molar-refractivity contribution < 1.29 is 22.3 Å². The van der Waals surface area contributed by atoms with Crippen molar-refractivity contribution in [3.8, 4) is 28.0 Å². The highest BCUT2D eigenvalue weighted by Crippen LogP contribution is 2.31.